The molecule has 0 bridgehead atoms. The topological polar surface area (TPSA) is 9.23 Å². The number of hydrogen-bond donors (Lipinski definition) is 0. The molecule has 100 valence electrons. The molecule has 0 saturated carbocycles. The van der Waals surface area contributed by atoms with Crippen molar-refractivity contribution in [3.63, 3.8) is 0 Å². The Morgan fingerprint density at radius 3 is 2.42 bits per heavy atom. The molecule has 0 radical (unpaired) electrons. The normalized spacial score (nSPS) is 10.6. The van der Waals surface area contributed by atoms with E-state index in [1.54, 1.807) is 18.2 Å². The predicted octanol–water partition coefficient (Wildman–Crippen LogP) is 6.02. The fourth-order valence-corrected chi connectivity index (χ4v) is 2.52. The Bertz CT molecular complexity index is 620. The summed E-state index contributed by atoms with van der Waals surface area (Å²) in [6.45, 7) is 0. The molecule has 0 heterocycles. The fourth-order valence-electron chi connectivity index (χ4n) is 1.44. The third-order valence-electron chi connectivity index (χ3n) is 2.33. The maximum absolute atomic E-state index is 13.6. The Balaban J connectivity index is 2.36. The molecule has 0 aliphatic rings. The molecule has 2 aromatic carbocycles. The van der Waals surface area contributed by atoms with Gasteiger partial charge in [-0.05, 0) is 45.8 Å². The molecular formula is C13H7Br2ClF2O. The van der Waals surface area contributed by atoms with Gasteiger partial charge in [-0.25, -0.2) is 4.39 Å². The number of alkyl halides is 1. The molecule has 0 aromatic heterocycles. The van der Waals surface area contributed by atoms with Gasteiger partial charge in [-0.15, -0.1) is 11.6 Å². The molecule has 1 nitrogen and oxygen atoms in total. The first-order valence-corrected chi connectivity index (χ1v) is 7.30. The molecule has 0 aliphatic carbocycles. The lowest BCUT2D eigenvalue weighted by Crippen LogP contribution is -1.93. The van der Waals surface area contributed by atoms with Crippen molar-refractivity contribution in [1.29, 1.82) is 0 Å². The van der Waals surface area contributed by atoms with Crippen LogP contribution in [-0.4, -0.2) is 0 Å². The maximum Gasteiger partial charge on any atom is 0.201 e. The Morgan fingerprint density at radius 1 is 1.05 bits per heavy atom. The number of benzene rings is 2. The molecule has 0 atom stereocenters. The Kier molecular flexibility index (Phi) is 4.81. The smallest absolute Gasteiger partial charge is 0.201 e. The molecule has 0 amide bonds. The predicted molar refractivity (Wildman–Crippen MR) is 77.8 cm³/mol. The third kappa shape index (κ3) is 3.46. The molecule has 0 spiro atoms. The third-order valence-corrected chi connectivity index (χ3v) is 3.72. The summed E-state index contributed by atoms with van der Waals surface area (Å²) in [5, 5.41) is 0. The molecule has 0 saturated heterocycles. The molecule has 6 heteroatoms. The zero-order valence-corrected chi connectivity index (χ0v) is 13.3. The number of ether oxygens (including phenoxy) is 1. The van der Waals surface area contributed by atoms with Gasteiger partial charge in [-0.3, -0.25) is 0 Å². The highest BCUT2D eigenvalue weighted by Crippen LogP contribution is 2.34. The first kappa shape index (κ1) is 14.8. The Hall–Kier alpha value is -0.650. The van der Waals surface area contributed by atoms with Gasteiger partial charge in [0.05, 0.1) is 4.47 Å². The van der Waals surface area contributed by atoms with Crippen LogP contribution >= 0.6 is 43.5 Å². The van der Waals surface area contributed by atoms with Crippen LogP contribution in [0.5, 0.6) is 11.5 Å². The van der Waals surface area contributed by atoms with Gasteiger partial charge in [0.2, 0.25) is 5.82 Å². The first-order valence-electron chi connectivity index (χ1n) is 5.18. The quantitative estimate of drug-likeness (QED) is 0.442. The minimum atomic E-state index is -1.03. The molecule has 19 heavy (non-hydrogen) atoms. The van der Waals surface area contributed by atoms with E-state index in [1.807, 2.05) is 0 Å². The lowest BCUT2D eigenvalue weighted by molar-refractivity contribution is 0.414. The van der Waals surface area contributed by atoms with Gasteiger partial charge < -0.3 is 4.74 Å². The van der Waals surface area contributed by atoms with E-state index in [0.29, 0.717) is 20.6 Å². The van der Waals surface area contributed by atoms with Crippen LogP contribution in [0.4, 0.5) is 8.78 Å². The number of halogens is 5. The van der Waals surface area contributed by atoms with E-state index in [2.05, 4.69) is 31.9 Å². The van der Waals surface area contributed by atoms with Crippen molar-refractivity contribution in [2.24, 2.45) is 0 Å². The van der Waals surface area contributed by atoms with Gasteiger partial charge in [0.1, 0.15) is 5.75 Å². The average molecular weight is 412 g/mol. The fraction of sp³-hybridized carbons (Fsp3) is 0.0769. The highest BCUT2D eigenvalue weighted by molar-refractivity contribution is 9.10. The second kappa shape index (κ2) is 6.20. The van der Waals surface area contributed by atoms with E-state index < -0.39 is 11.6 Å². The zero-order chi connectivity index (χ0) is 14.0. The van der Waals surface area contributed by atoms with Gasteiger partial charge in [-0.2, -0.15) is 4.39 Å². The summed E-state index contributed by atoms with van der Waals surface area (Å²) in [5.74, 6) is -1.45. The van der Waals surface area contributed by atoms with Gasteiger partial charge in [0, 0.05) is 10.4 Å². The monoisotopic (exact) mass is 410 g/mol. The molecule has 2 rings (SSSR count). The summed E-state index contributed by atoms with van der Waals surface area (Å²) in [7, 11) is 0. The van der Waals surface area contributed by atoms with E-state index >= 15 is 0 Å². The highest BCUT2D eigenvalue weighted by Gasteiger charge is 2.13. The molecule has 0 aliphatic heterocycles. The Labute approximate surface area is 130 Å². The second-order valence-electron chi connectivity index (χ2n) is 3.70. The molecule has 0 fully saturated rings. The van der Waals surface area contributed by atoms with E-state index in [-0.39, 0.29) is 5.75 Å². The second-order valence-corrected chi connectivity index (χ2v) is 5.74. The van der Waals surface area contributed by atoms with Crippen LogP contribution in [0.15, 0.2) is 39.3 Å². The summed E-state index contributed by atoms with van der Waals surface area (Å²) in [6, 6.07) is 7.54. The minimum absolute atomic E-state index is 0.189. The van der Waals surface area contributed by atoms with Crippen LogP contribution in [-0.2, 0) is 5.88 Å². The van der Waals surface area contributed by atoms with Crippen LogP contribution in [0.2, 0.25) is 0 Å². The molecule has 2 aromatic rings. The van der Waals surface area contributed by atoms with E-state index in [4.69, 9.17) is 16.3 Å². The molecular weight excluding hydrogens is 405 g/mol. The molecule has 0 N–H and O–H groups in total. The van der Waals surface area contributed by atoms with Crippen LogP contribution < -0.4 is 4.74 Å². The summed E-state index contributed by atoms with van der Waals surface area (Å²) in [4.78, 5) is 0. The lowest BCUT2D eigenvalue weighted by atomic mass is 10.2. The maximum atomic E-state index is 13.6. The standard InChI is InChI=1S/C13H7Br2ClF2O/c14-8-4-10(17)13(18)12(5-8)19-11-2-1-7(6-16)3-9(11)15/h1-5H,6H2. The SMILES string of the molecule is Fc1cc(Br)cc(Oc2ccc(CCl)cc2Br)c1F. The summed E-state index contributed by atoms with van der Waals surface area (Å²) < 4.78 is 33.2. The van der Waals surface area contributed by atoms with Crippen molar-refractivity contribution in [3.05, 3.63) is 56.5 Å². The van der Waals surface area contributed by atoms with Gasteiger partial charge in [0.25, 0.3) is 0 Å². The number of hydrogen-bond acceptors (Lipinski definition) is 1. The van der Waals surface area contributed by atoms with Gasteiger partial charge in [-0.1, -0.05) is 22.0 Å². The average Bonchev–Trinajstić information content (AvgIpc) is 2.37. The van der Waals surface area contributed by atoms with Gasteiger partial charge >= 0.3 is 0 Å². The van der Waals surface area contributed by atoms with Crippen LogP contribution in [0.25, 0.3) is 0 Å². The van der Waals surface area contributed by atoms with Crippen LogP contribution in [0, 0.1) is 11.6 Å². The van der Waals surface area contributed by atoms with Crippen molar-refractivity contribution in [3.8, 4) is 11.5 Å². The van der Waals surface area contributed by atoms with Crippen molar-refractivity contribution < 1.29 is 13.5 Å². The van der Waals surface area contributed by atoms with E-state index in [0.717, 1.165) is 11.6 Å². The zero-order valence-electron chi connectivity index (χ0n) is 9.39. The van der Waals surface area contributed by atoms with Crippen molar-refractivity contribution in [2.75, 3.05) is 0 Å². The van der Waals surface area contributed by atoms with E-state index in [1.165, 1.54) is 6.07 Å². The summed E-state index contributed by atoms with van der Waals surface area (Å²) in [5.41, 5.74) is 0.891. The first-order chi connectivity index (χ1) is 9.01. The van der Waals surface area contributed by atoms with Crippen molar-refractivity contribution in [1.82, 2.24) is 0 Å². The van der Waals surface area contributed by atoms with Gasteiger partial charge in [0.15, 0.2) is 11.6 Å². The highest BCUT2D eigenvalue weighted by atomic mass is 79.9. The minimum Gasteiger partial charge on any atom is -0.453 e. The van der Waals surface area contributed by atoms with Crippen LogP contribution in [0.3, 0.4) is 0 Å². The lowest BCUT2D eigenvalue weighted by Gasteiger charge is -2.10. The van der Waals surface area contributed by atoms with Crippen molar-refractivity contribution >= 4 is 43.5 Å². The van der Waals surface area contributed by atoms with Crippen molar-refractivity contribution in [2.45, 2.75) is 5.88 Å². The summed E-state index contributed by atoms with van der Waals surface area (Å²) in [6.07, 6.45) is 0. The molecule has 0 unspecified atom stereocenters. The van der Waals surface area contributed by atoms with E-state index in [9.17, 15) is 8.78 Å². The number of rotatable bonds is 3. The largest absolute Gasteiger partial charge is 0.453 e. The Morgan fingerprint density at radius 2 is 1.79 bits per heavy atom. The van der Waals surface area contributed by atoms with Crippen LogP contribution in [0.1, 0.15) is 5.56 Å². The summed E-state index contributed by atoms with van der Waals surface area (Å²) >= 11 is 12.1.